The van der Waals surface area contributed by atoms with Gasteiger partial charge in [0, 0.05) is 0 Å². The Kier molecular flexibility index (Phi) is 7.04. The molecule has 0 aliphatic rings. The third-order valence-corrected chi connectivity index (χ3v) is 5.67. The van der Waals surface area contributed by atoms with Crippen LogP contribution >= 0.6 is 23.5 Å². The van der Waals surface area contributed by atoms with E-state index in [1.54, 1.807) is 0 Å². The Morgan fingerprint density at radius 2 is 1.48 bits per heavy atom. The molecule has 0 aliphatic carbocycles. The Balaban J connectivity index is 1.94. The molecule has 112 valence electrons. The molecule has 0 N–H and O–H groups in total. The first-order chi connectivity index (χ1) is 10.3. The fraction of sp³-hybridized carbons (Fsp3) is 0.333. The molecule has 0 aromatic heterocycles. The van der Waals surface area contributed by atoms with Gasteiger partial charge in [0.15, 0.2) is 0 Å². The minimum Gasteiger partial charge on any atom is -0.489 e. The smallest absolute Gasteiger partial charge is 0.119 e. The molecular weight excluding hydrogens is 296 g/mol. The third-order valence-electron chi connectivity index (χ3n) is 3.04. The zero-order valence-electron chi connectivity index (χ0n) is 12.6. The van der Waals surface area contributed by atoms with Crippen molar-refractivity contribution < 1.29 is 4.74 Å². The lowest BCUT2D eigenvalue weighted by Crippen LogP contribution is -1.96. The second-order valence-corrected chi connectivity index (χ2v) is 7.65. The Morgan fingerprint density at radius 1 is 0.857 bits per heavy atom. The summed E-state index contributed by atoms with van der Waals surface area (Å²) in [6.07, 6.45) is 0. The van der Waals surface area contributed by atoms with Gasteiger partial charge >= 0.3 is 0 Å². The van der Waals surface area contributed by atoms with Crippen molar-refractivity contribution in [3.63, 3.8) is 0 Å². The molecule has 0 saturated carbocycles. The van der Waals surface area contributed by atoms with E-state index in [4.69, 9.17) is 4.74 Å². The van der Waals surface area contributed by atoms with Crippen LogP contribution in [0.15, 0.2) is 54.6 Å². The van der Waals surface area contributed by atoms with Crippen molar-refractivity contribution in [3.05, 3.63) is 65.7 Å². The molecule has 0 atom stereocenters. The molecule has 0 aliphatic heterocycles. The van der Waals surface area contributed by atoms with E-state index in [-0.39, 0.29) is 0 Å². The van der Waals surface area contributed by atoms with Crippen LogP contribution in [0.1, 0.15) is 29.6 Å². The van der Waals surface area contributed by atoms with E-state index in [1.807, 2.05) is 41.7 Å². The first-order valence-corrected chi connectivity index (χ1v) is 9.43. The summed E-state index contributed by atoms with van der Waals surface area (Å²) in [6.45, 7) is 5.05. The van der Waals surface area contributed by atoms with Crippen molar-refractivity contribution in [1.82, 2.24) is 0 Å². The summed E-state index contributed by atoms with van der Waals surface area (Å²) in [7, 11) is 0. The summed E-state index contributed by atoms with van der Waals surface area (Å²) in [4.78, 5) is 0. The maximum absolute atomic E-state index is 5.83. The average Bonchev–Trinajstić information content (AvgIpc) is 2.54. The summed E-state index contributed by atoms with van der Waals surface area (Å²) in [5.41, 5.74) is 2.57. The van der Waals surface area contributed by atoms with E-state index in [0.29, 0.717) is 11.2 Å². The number of hydrogen-bond acceptors (Lipinski definition) is 3. The van der Waals surface area contributed by atoms with Crippen molar-refractivity contribution in [3.8, 4) is 5.75 Å². The summed E-state index contributed by atoms with van der Waals surface area (Å²) in [6, 6.07) is 18.8. The van der Waals surface area contributed by atoms with Crippen molar-refractivity contribution in [1.29, 1.82) is 0 Å². The number of benzene rings is 2. The molecule has 0 bridgehead atoms. The lowest BCUT2D eigenvalue weighted by atomic mass is 10.2. The lowest BCUT2D eigenvalue weighted by molar-refractivity contribution is 0.306. The van der Waals surface area contributed by atoms with E-state index < -0.39 is 0 Å². The van der Waals surface area contributed by atoms with Crippen molar-refractivity contribution >= 4 is 23.5 Å². The molecule has 2 aromatic carbocycles. The van der Waals surface area contributed by atoms with Gasteiger partial charge in [0.25, 0.3) is 0 Å². The largest absolute Gasteiger partial charge is 0.489 e. The van der Waals surface area contributed by atoms with Crippen molar-refractivity contribution in [2.45, 2.75) is 25.0 Å². The third kappa shape index (κ3) is 5.33. The summed E-state index contributed by atoms with van der Waals surface area (Å²) >= 11 is 3.98. The highest BCUT2D eigenvalue weighted by Crippen LogP contribution is 2.39. The highest BCUT2D eigenvalue weighted by molar-refractivity contribution is 8.16. The van der Waals surface area contributed by atoms with Crippen LogP contribution in [0.3, 0.4) is 0 Å². The Bertz CT molecular complexity index is 505. The first kappa shape index (κ1) is 16.3. The van der Waals surface area contributed by atoms with E-state index in [1.165, 1.54) is 11.1 Å². The lowest BCUT2D eigenvalue weighted by Gasteiger charge is -2.15. The van der Waals surface area contributed by atoms with Crippen LogP contribution in [0.4, 0.5) is 0 Å². The molecule has 1 nitrogen and oxygen atoms in total. The van der Waals surface area contributed by atoms with Gasteiger partial charge in [-0.3, -0.25) is 0 Å². The van der Waals surface area contributed by atoms with Gasteiger partial charge in [-0.1, -0.05) is 56.3 Å². The molecule has 2 rings (SSSR count). The molecule has 0 fully saturated rings. The normalized spacial score (nSPS) is 10.8. The highest BCUT2D eigenvalue weighted by Gasteiger charge is 2.10. The maximum atomic E-state index is 5.83. The second-order valence-electron chi connectivity index (χ2n) is 4.59. The fourth-order valence-electron chi connectivity index (χ4n) is 2.01. The molecule has 0 saturated heterocycles. The maximum Gasteiger partial charge on any atom is 0.119 e. The van der Waals surface area contributed by atoms with Crippen LogP contribution < -0.4 is 4.74 Å². The van der Waals surface area contributed by atoms with E-state index in [9.17, 15) is 0 Å². The predicted molar refractivity (Wildman–Crippen MR) is 96.2 cm³/mol. The molecule has 0 heterocycles. The van der Waals surface area contributed by atoms with Gasteiger partial charge in [0.2, 0.25) is 0 Å². The van der Waals surface area contributed by atoms with Crippen molar-refractivity contribution in [2.24, 2.45) is 0 Å². The second kappa shape index (κ2) is 9.06. The predicted octanol–water partition coefficient (Wildman–Crippen LogP) is 5.77. The van der Waals surface area contributed by atoms with Crippen LogP contribution in [0.25, 0.3) is 0 Å². The van der Waals surface area contributed by atoms with Gasteiger partial charge in [0.05, 0.1) is 4.58 Å². The van der Waals surface area contributed by atoms with Gasteiger partial charge in [-0.05, 0) is 34.8 Å². The highest BCUT2D eigenvalue weighted by atomic mass is 32.2. The number of thioether (sulfide) groups is 2. The first-order valence-electron chi connectivity index (χ1n) is 7.33. The molecular formula is C18H22OS2. The van der Waals surface area contributed by atoms with E-state index in [2.05, 4.69) is 50.2 Å². The standard InChI is InChI=1S/C18H22OS2/c1-3-20-18(21-4-2)16-10-12-17(13-11-16)19-14-15-8-6-5-7-9-15/h5-13,18H,3-4,14H2,1-2H3. The minimum atomic E-state index is 0.531. The van der Waals surface area contributed by atoms with Crippen molar-refractivity contribution in [2.75, 3.05) is 11.5 Å². The van der Waals surface area contributed by atoms with Gasteiger partial charge in [0.1, 0.15) is 12.4 Å². The Hall–Kier alpha value is -1.06. The molecule has 0 unspecified atom stereocenters. The van der Waals surface area contributed by atoms with E-state index in [0.717, 1.165) is 17.3 Å². The van der Waals surface area contributed by atoms with Gasteiger partial charge in [-0.2, -0.15) is 0 Å². The van der Waals surface area contributed by atoms with Crippen LogP contribution in [-0.2, 0) is 6.61 Å². The number of rotatable bonds is 8. The molecule has 0 spiro atoms. The van der Waals surface area contributed by atoms with Gasteiger partial charge < -0.3 is 4.74 Å². The topological polar surface area (TPSA) is 9.23 Å². The molecule has 0 radical (unpaired) electrons. The van der Waals surface area contributed by atoms with Crippen LogP contribution in [0.5, 0.6) is 5.75 Å². The quantitative estimate of drug-likeness (QED) is 0.572. The summed E-state index contributed by atoms with van der Waals surface area (Å²) in [5.74, 6) is 3.22. The Labute approximate surface area is 136 Å². The Morgan fingerprint density at radius 3 is 2.05 bits per heavy atom. The zero-order valence-corrected chi connectivity index (χ0v) is 14.3. The van der Waals surface area contributed by atoms with E-state index >= 15 is 0 Å². The average molecular weight is 319 g/mol. The molecule has 2 aromatic rings. The van der Waals surface area contributed by atoms with Crippen LogP contribution in [-0.4, -0.2) is 11.5 Å². The summed E-state index contributed by atoms with van der Waals surface area (Å²) < 4.78 is 6.36. The minimum absolute atomic E-state index is 0.531. The fourth-order valence-corrected chi connectivity index (χ4v) is 4.51. The molecule has 0 amide bonds. The van der Waals surface area contributed by atoms with Gasteiger partial charge in [-0.15, -0.1) is 23.5 Å². The number of hydrogen-bond donors (Lipinski definition) is 0. The van der Waals surface area contributed by atoms with Gasteiger partial charge in [-0.25, -0.2) is 0 Å². The summed E-state index contributed by atoms with van der Waals surface area (Å²) in [5, 5.41) is 0. The zero-order chi connectivity index (χ0) is 14.9. The SMILES string of the molecule is CCSC(SCC)c1ccc(OCc2ccccc2)cc1. The monoisotopic (exact) mass is 318 g/mol. The molecule has 21 heavy (non-hydrogen) atoms. The van der Waals surface area contributed by atoms with Crippen LogP contribution in [0, 0.1) is 0 Å². The molecule has 3 heteroatoms. The number of ether oxygens (including phenoxy) is 1. The van der Waals surface area contributed by atoms with Crippen LogP contribution in [0.2, 0.25) is 0 Å².